The predicted octanol–water partition coefficient (Wildman–Crippen LogP) is 2.13. The molecule has 6 nitrogen and oxygen atoms in total. The van der Waals surface area contributed by atoms with E-state index in [1.165, 1.54) is 0 Å². The third kappa shape index (κ3) is 7.08. The van der Waals surface area contributed by atoms with Gasteiger partial charge in [-0.2, -0.15) is 0 Å². The van der Waals surface area contributed by atoms with Gasteiger partial charge in [-0.1, -0.05) is 18.2 Å². The lowest BCUT2D eigenvalue weighted by Gasteiger charge is -2.11. The minimum absolute atomic E-state index is 0.175. The molecule has 0 aliphatic carbocycles. The van der Waals surface area contributed by atoms with Crippen LogP contribution in [0.25, 0.3) is 0 Å². The molecule has 7 heteroatoms. The molecule has 0 spiro atoms. The third-order valence-electron chi connectivity index (χ3n) is 3.27. The Morgan fingerprint density at radius 3 is 2.19 bits per heavy atom. The van der Waals surface area contributed by atoms with Gasteiger partial charge in [0.25, 0.3) is 5.91 Å². The molecule has 0 heterocycles. The second-order valence-corrected chi connectivity index (χ2v) is 5.96. The van der Waals surface area contributed by atoms with Gasteiger partial charge >= 0.3 is 0 Å². The smallest absolute Gasteiger partial charge is 0.257 e. The van der Waals surface area contributed by atoms with E-state index in [0.29, 0.717) is 24.5 Å². The van der Waals surface area contributed by atoms with E-state index < -0.39 is 6.10 Å². The summed E-state index contributed by atoms with van der Waals surface area (Å²) in [5.74, 6) is 1.11. The minimum atomic E-state index is -0.549. The molecule has 0 saturated heterocycles. The number of hydrogen-bond acceptors (Lipinski definition) is 5. The number of ether oxygens (including phenoxy) is 2. The molecule has 2 rings (SSSR count). The molecule has 0 aliphatic rings. The van der Waals surface area contributed by atoms with Crippen molar-refractivity contribution in [2.45, 2.75) is 13.0 Å². The molecule has 0 fully saturated rings. The van der Waals surface area contributed by atoms with Crippen LogP contribution >= 0.6 is 12.2 Å². The number of thiocarbonyl (C=S) groups is 1. The topological polar surface area (TPSA) is 79.8 Å². The van der Waals surface area contributed by atoms with Crippen molar-refractivity contribution in [3.05, 3.63) is 60.2 Å². The summed E-state index contributed by atoms with van der Waals surface area (Å²) in [4.78, 5) is 12.1. The highest BCUT2D eigenvalue weighted by Gasteiger charge is 2.08. The Morgan fingerprint density at radius 1 is 1.04 bits per heavy atom. The van der Waals surface area contributed by atoms with Gasteiger partial charge in [0.05, 0.1) is 6.10 Å². The van der Waals surface area contributed by atoms with Crippen molar-refractivity contribution < 1.29 is 19.4 Å². The van der Waals surface area contributed by atoms with E-state index in [9.17, 15) is 9.90 Å². The van der Waals surface area contributed by atoms with E-state index >= 15 is 0 Å². The summed E-state index contributed by atoms with van der Waals surface area (Å²) in [6, 6.07) is 16.2. The summed E-state index contributed by atoms with van der Waals surface area (Å²) < 4.78 is 11.1. The fourth-order valence-electron chi connectivity index (χ4n) is 2.00. The SMILES string of the molecule is CC(O)CNC(=S)NC(=O)c1ccc(OCCOc2ccccc2)cc1. The lowest BCUT2D eigenvalue weighted by Crippen LogP contribution is -2.41. The van der Waals surface area contributed by atoms with Gasteiger partial charge in [0.1, 0.15) is 24.7 Å². The van der Waals surface area contributed by atoms with E-state index in [1.54, 1.807) is 31.2 Å². The molecule has 1 atom stereocenters. The first-order valence-electron chi connectivity index (χ1n) is 8.22. The summed E-state index contributed by atoms with van der Waals surface area (Å²) in [7, 11) is 0. The van der Waals surface area contributed by atoms with E-state index in [2.05, 4.69) is 10.6 Å². The number of benzene rings is 2. The molecule has 1 unspecified atom stereocenters. The number of para-hydroxylation sites is 1. The summed E-state index contributed by atoms with van der Waals surface area (Å²) in [5, 5.41) is 14.7. The van der Waals surface area contributed by atoms with Gasteiger partial charge in [-0.3, -0.25) is 10.1 Å². The maximum absolute atomic E-state index is 12.1. The lowest BCUT2D eigenvalue weighted by molar-refractivity contribution is 0.0976. The van der Waals surface area contributed by atoms with Crippen LogP contribution < -0.4 is 20.1 Å². The highest BCUT2D eigenvalue weighted by molar-refractivity contribution is 7.80. The molecule has 0 saturated carbocycles. The molecule has 3 N–H and O–H groups in total. The number of carbonyl (C=O) groups is 1. The molecule has 0 aliphatic heterocycles. The van der Waals surface area contributed by atoms with Crippen LogP contribution in [0.15, 0.2) is 54.6 Å². The quantitative estimate of drug-likeness (QED) is 0.485. The Labute approximate surface area is 158 Å². The van der Waals surface area contributed by atoms with Crippen LogP contribution in [0.4, 0.5) is 0 Å². The largest absolute Gasteiger partial charge is 0.490 e. The van der Waals surface area contributed by atoms with Crippen molar-refractivity contribution in [1.29, 1.82) is 0 Å². The zero-order valence-corrected chi connectivity index (χ0v) is 15.3. The fraction of sp³-hybridized carbons (Fsp3) is 0.263. The Bertz CT molecular complexity index is 705. The van der Waals surface area contributed by atoms with Gasteiger partial charge < -0.3 is 19.9 Å². The fourth-order valence-corrected chi connectivity index (χ4v) is 2.17. The maximum Gasteiger partial charge on any atom is 0.257 e. The Morgan fingerprint density at radius 2 is 1.62 bits per heavy atom. The van der Waals surface area contributed by atoms with E-state index in [-0.39, 0.29) is 17.6 Å². The normalized spacial score (nSPS) is 11.3. The Kier molecular flexibility index (Phi) is 7.85. The highest BCUT2D eigenvalue weighted by atomic mass is 32.1. The monoisotopic (exact) mass is 374 g/mol. The Hall–Kier alpha value is -2.64. The van der Waals surface area contributed by atoms with Crippen molar-refractivity contribution in [2.75, 3.05) is 19.8 Å². The molecule has 2 aromatic carbocycles. The first-order valence-corrected chi connectivity index (χ1v) is 8.63. The van der Waals surface area contributed by atoms with Crippen molar-refractivity contribution in [3.63, 3.8) is 0 Å². The number of nitrogens with one attached hydrogen (secondary N) is 2. The Balaban J connectivity index is 1.73. The average molecular weight is 374 g/mol. The molecule has 138 valence electrons. The molecule has 26 heavy (non-hydrogen) atoms. The first kappa shape index (κ1) is 19.7. The summed E-state index contributed by atoms with van der Waals surface area (Å²) >= 11 is 4.99. The number of hydrogen-bond donors (Lipinski definition) is 3. The van der Waals surface area contributed by atoms with Crippen molar-refractivity contribution in [3.8, 4) is 11.5 Å². The minimum Gasteiger partial charge on any atom is -0.490 e. The molecule has 1 amide bonds. The summed E-state index contributed by atoms with van der Waals surface area (Å²) in [5.41, 5.74) is 0.457. The van der Waals surface area contributed by atoms with E-state index in [1.807, 2.05) is 30.3 Å². The molecule has 0 bridgehead atoms. The highest BCUT2D eigenvalue weighted by Crippen LogP contribution is 2.13. The van der Waals surface area contributed by atoms with E-state index in [4.69, 9.17) is 21.7 Å². The lowest BCUT2D eigenvalue weighted by atomic mass is 10.2. The number of rotatable bonds is 8. The zero-order valence-electron chi connectivity index (χ0n) is 14.5. The van der Waals surface area contributed by atoms with Crippen LogP contribution in [0.2, 0.25) is 0 Å². The average Bonchev–Trinajstić information content (AvgIpc) is 2.65. The summed E-state index contributed by atoms with van der Waals surface area (Å²) in [6.07, 6.45) is -0.549. The van der Waals surface area contributed by atoms with Gasteiger partial charge in [0.15, 0.2) is 5.11 Å². The first-order chi connectivity index (χ1) is 12.5. The van der Waals surface area contributed by atoms with Crippen LogP contribution in [0, 0.1) is 0 Å². The molecular weight excluding hydrogens is 352 g/mol. The van der Waals surface area contributed by atoms with Crippen LogP contribution in [0.1, 0.15) is 17.3 Å². The van der Waals surface area contributed by atoms with Gasteiger partial charge in [0.2, 0.25) is 0 Å². The van der Waals surface area contributed by atoms with Crippen molar-refractivity contribution in [1.82, 2.24) is 10.6 Å². The molecule has 2 aromatic rings. The van der Waals surface area contributed by atoms with Gasteiger partial charge in [0, 0.05) is 12.1 Å². The molecular formula is C19H22N2O4S. The van der Waals surface area contributed by atoms with E-state index in [0.717, 1.165) is 5.75 Å². The third-order valence-corrected chi connectivity index (χ3v) is 3.51. The number of aliphatic hydroxyl groups excluding tert-OH is 1. The van der Waals surface area contributed by atoms with Gasteiger partial charge in [-0.05, 0) is 55.5 Å². The molecule has 0 radical (unpaired) electrons. The van der Waals surface area contributed by atoms with Crippen molar-refractivity contribution >= 4 is 23.2 Å². The summed E-state index contributed by atoms with van der Waals surface area (Å²) in [6.45, 7) is 2.72. The second-order valence-electron chi connectivity index (χ2n) is 5.55. The van der Waals surface area contributed by atoms with Crippen molar-refractivity contribution in [2.24, 2.45) is 0 Å². The van der Waals surface area contributed by atoms with Gasteiger partial charge in [-0.15, -0.1) is 0 Å². The van der Waals surface area contributed by atoms with Crippen LogP contribution in [0.5, 0.6) is 11.5 Å². The zero-order chi connectivity index (χ0) is 18.8. The second kappa shape index (κ2) is 10.4. The number of aliphatic hydroxyl groups is 1. The number of carbonyl (C=O) groups excluding carboxylic acids is 1. The van der Waals surface area contributed by atoms with Gasteiger partial charge in [-0.25, -0.2) is 0 Å². The predicted molar refractivity (Wildman–Crippen MR) is 104 cm³/mol. The molecule has 0 aromatic heterocycles. The van der Waals surface area contributed by atoms with Crippen LogP contribution in [-0.4, -0.2) is 42.0 Å². The van der Waals surface area contributed by atoms with Crippen LogP contribution in [-0.2, 0) is 0 Å². The van der Waals surface area contributed by atoms with Crippen LogP contribution in [0.3, 0.4) is 0 Å². The maximum atomic E-state index is 12.1. The number of amides is 1. The standard InChI is InChI=1S/C19H22N2O4S/c1-14(22)13-20-19(26)21-18(23)15-7-9-17(10-8-15)25-12-11-24-16-5-3-2-4-6-16/h2-10,14,22H,11-13H2,1H3,(H2,20,21,23,26).